The predicted octanol–water partition coefficient (Wildman–Crippen LogP) is 4.20. The van der Waals surface area contributed by atoms with Gasteiger partial charge in [-0.15, -0.1) is 0 Å². The smallest absolute Gasteiger partial charge is 0.274 e. The molecule has 0 spiro atoms. The van der Waals surface area contributed by atoms with Gasteiger partial charge in [-0.1, -0.05) is 30.3 Å². The van der Waals surface area contributed by atoms with E-state index in [1.165, 1.54) is 11.1 Å². The number of aryl methyl sites for hydroxylation is 2. The number of carbonyl (C=O) groups excluding carboxylic acids is 1. The van der Waals surface area contributed by atoms with Crippen LogP contribution in [0, 0.1) is 13.8 Å². The fraction of sp³-hybridized carbons (Fsp3) is 0.423. The number of anilines is 1. The quantitative estimate of drug-likeness (QED) is 0.603. The SMILES string of the molecule is Cc1cnc(C(=O)N2CCCCC2c2nc(C)c3c(n2)N(Cc2ccccc2)CCC3)cn1. The van der Waals surface area contributed by atoms with E-state index < -0.39 is 0 Å². The van der Waals surface area contributed by atoms with Crippen molar-refractivity contribution in [1.29, 1.82) is 0 Å². The first-order valence-corrected chi connectivity index (χ1v) is 11.9. The summed E-state index contributed by atoms with van der Waals surface area (Å²) in [4.78, 5) is 36.2. The highest BCUT2D eigenvalue weighted by atomic mass is 16.2. The molecule has 7 heteroatoms. The summed E-state index contributed by atoms with van der Waals surface area (Å²) in [5, 5.41) is 0. The van der Waals surface area contributed by atoms with Gasteiger partial charge in [-0.2, -0.15) is 0 Å². The van der Waals surface area contributed by atoms with Gasteiger partial charge in [0.2, 0.25) is 0 Å². The van der Waals surface area contributed by atoms with E-state index in [0.29, 0.717) is 12.2 Å². The second kappa shape index (κ2) is 9.25. The zero-order valence-electron chi connectivity index (χ0n) is 19.4. The molecule has 1 amide bonds. The van der Waals surface area contributed by atoms with Crippen LogP contribution in [0.3, 0.4) is 0 Å². The summed E-state index contributed by atoms with van der Waals surface area (Å²) in [5.41, 5.74) is 4.72. The monoisotopic (exact) mass is 442 g/mol. The number of fused-ring (bicyclic) bond motifs is 1. The molecule has 33 heavy (non-hydrogen) atoms. The topological polar surface area (TPSA) is 75.1 Å². The van der Waals surface area contributed by atoms with Crippen LogP contribution in [0.1, 0.15) is 70.6 Å². The number of hydrogen-bond acceptors (Lipinski definition) is 6. The van der Waals surface area contributed by atoms with Crippen LogP contribution >= 0.6 is 0 Å². The molecule has 0 aliphatic carbocycles. The van der Waals surface area contributed by atoms with Crippen molar-refractivity contribution in [3.05, 3.63) is 76.8 Å². The molecule has 1 fully saturated rings. The zero-order valence-corrected chi connectivity index (χ0v) is 19.4. The van der Waals surface area contributed by atoms with Gasteiger partial charge < -0.3 is 9.80 Å². The maximum Gasteiger partial charge on any atom is 0.274 e. The van der Waals surface area contributed by atoms with E-state index in [2.05, 4.69) is 46.1 Å². The molecule has 4 heterocycles. The Hall–Kier alpha value is -3.35. The molecule has 2 aliphatic rings. The van der Waals surface area contributed by atoms with Gasteiger partial charge in [-0.3, -0.25) is 9.78 Å². The number of amides is 1. The minimum absolute atomic E-state index is 0.0904. The van der Waals surface area contributed by atoms with Crippen LogP contribution in [0.25, 0.3) is 0 Å². The third-order valence-electron chi connectivity index (χ3n) is 6.64. The maximum atomic E-state index is 13.3. The maximum absolute atomic E-state index is 13.3. The molecule has 2 aromatic heterocycles. The molecule has 7 nitrogen and oxygen atoms in total. The number of nitrogens with zero attached hydrogens (tertiary/aromatic N) is 6. The van der Waals surface area contributed by atoms with Gasteiger partial charge in [0.15, 0.2) is 5.82 Å². The third-order valence-corrected chi connectivity index (χ3v) is 6.64. The lowest BCUT2D eigenvalue weighted by Gasteiger charge is -2.36. The van der Waals surface area contributed by atoms with E-state index in [9.17, 15) is 4.79 Å². The van der Waals surface area contributed by atoms with Crippen LogP contribution < -0.4 is 4.90 Å². The summed E-state index contributed by atoms with van der Waals surface area (Å²) in [5.74, 6) is 1.69. The Balaban J connectivity index is 1.47. The van der Waals surface area contributed by atoms with Crippen LogP contribution in [-0.2, 0) is 13.0 Å². The van der Waals surface area contributed by atoms with Crippen molar-refractivity contribution in [3.8, 4) is 0 Å². The highest BCUT2D eigenvalue weighted by Crippen LogP contribution is 2.34. The number of piperidine rings is 1. The summed E-state index contributed by atoms with van der Waals surface area (Å²) in [6, 6.07) is 10.4. The van der Waals surface area contributed by atoms with E-state index in [1.807, 2.05) is 17.9 Å². The van der Waals surface area contributed by atoms with Gasteiger partial charge in [0, 0.05) is 37.1 Å². The van der Waals surface area contributed by atoms with E-state index >= 15 is 0 Å². The highest BCUT2D eigenvalue weighted by Gasteiger charge is 2.33. The Morgan fingerprint density at radius 3 is 2.64 bits per heavy atom. The lowest BCUT2D eigenvalue weighted by molar-refractivity contribution is 0.0593. The zero-order chi connectivity index (χ0) is 22.8. The average molecular weight is 443 g/mol. The fourth-order valence-corrected chi connectivity index (χ4v) is 4.91. The van der Waals surface area contributed by atoms with Crippen molar-refractivity contribution in [2.24, 2.45) is 0 Å². The summed E-state index contributed by atoms with van der Waals surface area (Å²) >= 11 is 0. The third kappa shape index (κ3) is 4.45. The number of hydrogen-bond donors (Lipinski definition) is 0. The summed E-state index contributed by atoms with van der Waals surface area (Å²) in [7, 11) is 0. The van der Waals surface area contributed by atoms with E-state index in [0.717, 1.165) is 68.2 Å². The summed E-state index contributed by atoms with van der Waals surface area (Å²) < 4.78 is 0. The van der Waals surface area contributed by atoms with Crippen molar-refractivity contribution < 1.29 is 4.79 Å². The van der Waals surface area contributed by atoms with Crippen molar-refractivity contribution in [3.63, 3.8) is 0 Å². The molecule has 0 saturated carbocycles. The number of aromatic nitrogens is 4. The van der Waals surface area contributed by atoms with Gasteiger partial charge in [-0.25, -0.2) is 15.0 Å². The van der Waals surface area contributed by atoms with E-state index in [1.54, 1.807) is 12.4 Å². The first kappa shape index (κ1) is 21.5. The molecule has 0 radical (unpaired) electrons. The molecular formula is C26H30N6O. The molecule has 170 valence electrons. The van der Waals surface area contributed by atoms with Crippen molar-refractivity contribution >= 4 is 11.7 Å². The van der Waals surface area contributed by atoms with Crippen molar-refractivity contribution in [2.45, 2.75) is 58.5 Å². The molecule has 1 atom stereocenters. The number of carbonyl (C=O) groups is 1. The molecule has 3 aromatic rings. The summed E-state index contributed by atoms with van der Waals surface area (Å²) in [6.07, 6.45) is 8.22. The molecule has 1 saturated heterocycles. The van der Waals surface area contributed by atoms with Crippen molar-refractivity contribution in [1.82, 2.24) is 24.8 Å². The van der Waals surface area contributed by atoms with E-state index in [4.69, 9.17) is 9.97 Å². The fourth-order valence-electron chi connectivity index (χ4n) is 4.91. The summed E-state index contributed by atoms with van der Waals surface area (Å²) in [6.45, 7) is 6.44. The van der Waals surface area contributed by atoms with Gasteiger partial charge in [0.25, 0.3) is 5.91 Å². The largest absolute Gasteiger partial charge is 0.352 e. The lowest BCUT2D eigenvalue weighted by atomic mass is 9.99. The Labute approximate surface area is 194 Å². The Bertz CT molecular complexity index is 1130. The van der Waals surface area contributed by atoms with Gasteiger partial charge in [0.05, 0.1) is 17.9 Å². The molecule has 0 bridgehead atoms. The Kier molecular flexibility index (Phi) is 6.03. The number of rotatable bonds is 4. The minimum atomic E-state index is -0.140. The van der Waals surface area contributed by atoms with Gasteiger partial charge >= 0.3 is 0 Å². The molecule has 0 N–H and O–H groups in total. The van der Waals surface area contributed by atoms with Gasteiger partial charge in [-0.05, 0) is 51.5 Å². The van der Waals surface area contributed by atoms with Crippen LogP contribution in [0.15, 0.2) is 42.7 Å². The predicted molar refractivity (Wildman–Crippen MR) is 127 cm³/mol. The standard InChI is InChI=1S/C26H30N6O/c1-18-15-28-22(16-27-18)26(33)32-14-7-6-12-23(32)24-29-19(2)21-11-8-13-31(25(21)30-24)17-20-9-4-3-5-10-20/h3-5,9-10,15-16,23H,6-8,11-14,17H2,1-2H3. The molecule has 1 aromatic carbocycles. The Morgan fingerprint density at radius 1 is 1.00 bits per heavy atom. The second-order valence-corrected chi connectivity index (χ2v) is 9.03. The minimum Gasteiger partial charge on any atom is -0.352 e. The van der Waals surface area contributed by atoms with Crippen molar-refractivity contribution in [2.75, 3.05) is 18.0 Å². The molecule has 5 rings (SSSR count). The van der Waals surface area contributed by atoms with E-state index in [-0.39, 0.29) is 11.9 Å². The normalized spacial score (nSPS) is 18.2. The molecular weight excluding hydrogens is 412 g/mol. The first-order chi connectivity index (χ1) is 16.1. The average Bonchev–Trinajstić information content (AvgIpc) is 2.85. The Morgan fingerprint density at radius 2 is 1.85 bits per heavy atom. The number of benzene rings is 1. The van der Waals surface area contributed by atoms with Crippen LogP contribution in [0.4, 0.5) is 5.82 Å². The van der Waals surface area contributed by atoms with Gasteiger partial charge in [0.1, 0.15) is 11.5 Å². The van der Waals surface area contributed by atoms with Crippen LogP contribution in [0.2, 0.25) is 0 Å². The molecule has 2 aliphatic heterocycles. The molecule has 1 unspecified atom stereocenters. The first-order valence-electron chi connectivity index (χ1n) is 11.9. The van der Waals surface area contributed by atoms with Crippen LogP contribution in [-0.4, -0.2) is 43.8 Å². The lowest BCUT2D eigenvalue weighted by Crippen LogP contribution is -2.40. The highest BCUT2D eigenvalue weighted by molar-refractivity contribution is 5.92. The second-order valence-electron chi connectivity index (χ2n) is 9.03. The van der Waals surface area contributed by atoms with Crippen LogP contribution in [0.5, 0.6) is 0 Å². The number of likely N-dealkylation sites (tertiary alicyclic amines) is 1.